The Kier molecular flexibility index (Phi) is 5.76. The number of oxime groups is 1. The molecular formula is C26H25N5O2. The number of fused-ring (bicyclic) bond motifs is 1. The van der Waals surface area contributed by atoms with Crippen molar-refractivity contribution in [2.24, 2.45) is 5.16 Å². The maximum atomic E-state index is 9.73. The number of amidine groups is 1. The third kappa shape index (κ3) is 4.43. The van der Waals surface area contributed by atoms with Crippen molar-refractivity contribution in [3.63, 3.8) is 0 Å². The van der Waals surface area contributed by atoms with Gasteiger partial charge in [-0.15, -0.1) is 0 Å². The summed E-state index contributed by atoms with van der Waals surface area (Å²) in [6, 6.07) is 23.8. The lowest BCUT2D eigenvalue weighted by atomic mass is 10.2. The number of para-hydroxylation sites is 2. The van der Waals surface area contributed by atoms with Crippen LogP contribution in [0.3, 0.4) is 0 Å². The summed E-state index contributed by atoms with van der Waals surface area (Å²) in [5, 5.41) is 14.3. The van der Waals surface area contributed by atoms with Crippen LogP contribution < -0.4 is 9.64 Å². The van der Waals surface area contributed by atoms with Crippen molar-refractivity contribution in [3.8, 4) is 11.6 Å². The average molecular weight is 440 g/mol. The molecule has 0 unspecified atom stereocenters. The van der Waals surface area contributed by atoms with E-state index in [1.54, 1.807) is 12.3 Å². The maximum Gasteiger partial charge on any atom is 0.219 e. The third-order valence-electron chi connectivity index (χ3n) is 5.83. The highest BCUT2D eigenvalue weighted by atomic mass is 16.5. The number of rotatable bonds is 4. The minimum Gasteiger partial charge on any atom is -0.437 e. The standard InChI is InChI=1S/C26H25N5O2/c1-19-10-11-20-6-5-9-23(25(20)28-19)33-24-13-12-21(18-27-24)26(29-32)31-16-14-30(15-17-31)22-7-3-2-4-8-22/h2-13,18,32H,14-17H2,1H3/b29-26-. The van der Waals surface area contributed by atoms with Crippen LogP contribution in [0.1, 0.15) is 11.3 Å². The van der Waals surface area contributed by atoms with Gasteiger partial charge in [-0.05, 0) is 37.3 Å². The predicted molar refractivity (Wildman–Crippen MR) is 129 cm³/mol. The Balaban J connectivity index is 1.29. The Labute approximate surface area is 192 Å². The second-order valence-corrected chi connectivity index (χ2v) is 8.00. The lowest BCUT2D eigenvalue weighted by Crippen LogP contribution is -2.49. The molecule has 4 aromatic rings. The van der Waals surface area contributed by atoms with E-state index in [2.05, 4.69) is 37.1 Å². The molecule has 0 radical (unpaired) electrons. The Bertz CT molecular complexity index is 1270. The normalized spacial score (nSPS) is 14.5. The summed E-state index contributed by atoms with van der Waals surface area (Å²) in [6.45, 7) is 5.18. The molecule has 33 heavy (non-hydrogen) atoms. The zero-order valence-electron chi connectivity index (χ0n) is 18.4. The van der Waals surface area contributed by atoms with Crippen molar-refractivity contribution in [1.29, 1.82) is 0 Å². The smallest absolute Gasteiger partial charge is 0.219 e. The molecule has 5 rings (SSSR count). The van der Waals surface area contributed by atoms with Gasteiger partial charge in [-0.25, -0.2) is 9.97 Å². The highest BCUT2D eigenvalue weighted by molar-refractivity contribution is 5.98. The fourth-order valence-corrected chi connectivity index (χ4v) is 4.10. The molecule has 7 heteroatoms. The molecule has 0 bridgehead atoms. The Morgan fingerprint density at radius 3 is 2.45 bits per heavy atom. The monoisotopic (exact) mass is 439 g/mol. The molecule has 1 aliphatic heterocycles. The molecule has 166 valence electrons. The summed E-state index contributed by atoms with van der Waals surface area (Å²) < 4.78 is 6.03. The van der Waals surface area contributed by atoms with E-state index in [1.807, 2.05) is 61.5 Å². The quantitative estimate of drug-likeness (QED) is 0.215. The molecule has 1 N–H and O–H groups in total. The largest absolute Gasteiger partial charge is 0.437 e. The van der Waals surface area contributed by atoms with E-state index >= 15 is 0 Å². The predicted octanol–water partition coefficient (Wildman–Crippen LogP) is 4.69. The number of aryl methyl sites for hydroxylation is 1. The maximum absolute atomic E-state index is 9.73. The van der Waals surface area contributed by atoms with Crippen LogP contribution in [0.5, 0.6) is 11.6 Å². The van der Waals surface area contributed by atoms with Gasteiger partial charge in [-0.3, -0.25) is 0 Å². The first-order valence-corrected chi connectivity index (χ1v) is 11.0. The summed E-state index contributed by atoms with van der Waals surface area (Å²) in [5.74, 6) is 1.63. The molecule has 2 aromatic heterocycles. The molecule has 0 atom stereocenters. The van der Waals surface area contributed by atoms with E-state index in [0.717, 1.165) is 48.3 Å². The molecule has 0 saturated carbocycles. The second kappa shape index (κ2) is 9.16. The van der Waals surface area contributed by atoms with Gasteiger partial charge >= 0.3 is 0 Å². The molecule has 1 saturated heterocycles. The average Bonchev–Trinajstić information content (AvgIpc) is 2.87. The lowest BCUT2D eigenvalue weighted by Gasteiger charge is -2.37. The van der Waals surface area contributed by atoms with E-state index in [4.69, 9.17) is 4.74 Å². The SMILES string of the molecule is Cc1ccc2cccc(Oc3ccc(/C(=N/O)N4CCN(c5ccccc5)CC4)cn3)c2n1. The van der Waals surface area contributed by atoms with Gasteiger partial charge in [0.05, 0.1) is 0 Å². The van der Waals surface area contributed by atoms with Crippen molar-refractivity contribution in [2.45, 2.75) is 6.92 Å². The van der Waals surface area contributed by atoms with E-state index in [-0.39, 0.29) is 0 Å². The topological polar surface area (TPSA) is 74.1 Å². The second-order valence-electron chi connectivity index (χ2n) is 8.00. The highest BCUT2D eigenvalue weighted by Crippen LogP contribution is 2.28. The molecule has 1 aliphatic rings. The van der Waals surface area contributed by atoms with E-state index < -0.39 is 0 Å². The van der Waals surface area contributed by atoms with E-state index in [0.29, 0.717) is 17.5 Å². The van der Waals surface area contributed by atoms with Gasteiger partial charge in [0, 0.05) is 60.8 Å². The van der Waals surface area contributed by atoms with Crippen LogP contribution in [0.25, 0.3) is 10.9 Å². The number of pyridine rings is 2. The van der Waals surface area contributed by atoms with Gasteiger partial charge in [0.1, 0.15) is 5.52 Å². The van der Waals surface area contributed by atoms with Crippen LogP contribution in [0, 0.1) is 6.92 Å². The van der Waals surface area contributed by atoms with Gasteiger partial charge < -0.3 is 19.7 Å². The zero-order chi connectivity index (χ0) is 22.6. The van der Waals surface area contributed by atoms with Crippen molar-refractivity contribution >= 4 is 22.4 Å². The fraction of sp³-hybridized carbons (Fsp3) is 0.192. The van der Waals surface area contributed by atoms with Crippen molar-refractivity contribution in [1.82, 2.24) is 14.9 Å². The van der Waals surface area contributed by atoms with Crippen molar-refractivity contribution < 1.29 is 9.94 Å². The Morgan fingerprint density at radius 1 is 0.909 bits per heavy atom. The first-order valence-electron chi connectivity index (χ1n) is 11.0. The minimum absolute atomic E-state index is 0.459. The molecule has 1 fully saturated rings. The number of anilines is 1. The van der Waals surface area contributed by atoms with Crippen LogP contribution >= 0.6 is 0 Å². The van der Waals surface area contributed by atoms with Crippen LogP contribution in [0.15, 0.2) is 84.1 Å². The molecular weight excluding hydrogens is 414 g/mol. The number of benzene rings is 2. The number of nitrogens with zero attached hydrogens (tertiary/aromatic N) is 5. The molecule has 7 nitrogen and oxygen atoms in total. The van der Waals surface area contributed by atoms with Crippen LogP contribution in [-0.4, -0.2) is 52.1 Å². The summed E-state index contributed by atoms with van der Waals surface area (Å²) in [5.41, 5.74) is 3.68. The molecule has 3 heterocycles. The number of hydrogen-bond donors (Lipinski definition) is 1. The summed E-state index contributed by atoms with van der Waals surface area (Å²) in [7, 11) is 0. The number of ether oxygens (including phenoxy) is 1. The fourth-order valence-electron chi connectivity index (χ4n) is 4.10. The van der Waals surface area contributed by atoms with Gasteiger partial charge in [-0.1, -0.05) is 41.6 Å². The van der Waals surface area contributed by atoms with Crippen molar-refractivity contribution in [2.75, 3.05) is 31.1 Å². The number of aromatic nitrogens is 2. The van der Waals surface area contributed by atoms with Gasteiger partial charge in [0.2, 0.25) is 5.88 Å². The summed E-state index contributed by atoms with van der Waals surface area (Å²) >= 11 is 0. The lowest BCUT2D eigenvalue weighted by molar-refractivity contribution is 0.296. The van der Waals surface area contributed by atoms with Crippen LogP contribution in [0.4, 0.5) is 5.69 Å². The van der Waals surface area contributed by atoms with Crippen LogP contribution in [0.2, 0.25) is 0 Å². The van der Waals surface area contributed by atoms with E-state index in [1.165, 1.54) is 5.69 Å². The first kappa shape index (κ1) is 20.8. The summed E-state index contributed by atoms with van der Waals surface area (Å²) in [4.78, 5) is 13.5. The molecule has 2 aromatic carbocycles. The zero-order valence-corrected chi connectivity index (χ0v) is 18.4. The van der Waals surface area contributed by atoms with Crippen LogP contribution in [-0.2, 0) is 0 Å². The first-order chi connectivity index (χ1) is 16.2. The molecule has 0 spiro atoms. The Hall–Kier alpha value is -4.13. The Morgan fingerprint density at radius 2 is 1.73 bits per heavy atom. The van der Waals surface area contributed by atoms with Crippen molar-refractivity contribution in [3.05, 3.63) is 90.3 Å². The van der Waals surface area contributed by atoms with Gasteiger partial charge in [0.15, 0.2) is 11.6 Å². The number of hydrogen-bond acceptors (Lipinski definition) is 6. The molecule has 0 aliphatic carbocycles. The minimum atomic E-state index is 0.459. The van der Waals surface area contributed by atoms with Gasteiger partial charge in [-0.2, -0.15) is 0 Å². The summed E-state index contributed by atoms with van der Waals surface area (Å²) in [6.07, 6.45) is 1.68. The number of piperazine rings is 1. The third-order valence-corrected chi connectivity index (χ3v) is 5.83. The van der Waals surface area contributed by atoms with E-state index in [9.17, 15) is 5.21 Å². The molecule has 0 amide bonds. The highest BCUT2D eigenvalue weighted by Gasteiger charge is 2.22. The van der Waals surface area contributed by atoms with Gasteiger partial charge in [0.25, 0.3) is 0 Å².